The summed E-state index contributed by atoms with van der Waals surface area (Å²) in [6.07, 6.45) is 11.9. The number of rotatable bonds is 7. The van der Waals surface area contributed by atoms with Gasteiger partial charge in [0.2, 0.25) is 0 Å². The number of imidazole rings is 1. The van der Waals surface area contributed by atoms with Crippen molar-refractivity contribution in [3.8, 4) is 28.1 Å². The lowest BCUT2D eigenvalue weighted by atomic mass is 10.0. The largest absolute Gasteiger partial charge is 0.332 e. The normalized spacial score (nSPS) is 14.3. The van der Waals surface area contributed by atoms with E-state index in [1.807, 2.05) is 34.6 Å². The van der Waals surface area contributed by atoms with Crippen LogP contribution in [0.15, 0.2) is 55.5 Å². The summed E-state index contributed by atoms with van der Waals surface area (Å²) < 4.78 is 20.5. The van der Waals surface area contributed by atoms with Crippen molar-refractivity contribution in [2.45, 2.75) is 25.3 Å². The van der Waals surface area contributed by atoms with E-state index >= 15 is 4.39 Å². The van der Waals surface area contributed by atoms with Crippen LogP contribution in [0.3, 0.4) is 0 Å². The van der Waals surface area contributed by atoms with Crippen LogP contribution in [0.1, 0.15) is 31.0 Å². The molecule has 6 rings (SSSR count). The minimum Gasteiger partial charge on any atom is -0.332 e. The second-order valence-electron chi connectivity index (χ2n) is 8.93. The fourth-order valence-electron chi connectivity index (χ4n) is 4.45. The van der Waals surface area contributed by atoms with Gasteiger partial charge in [-0.2, -0.15) is 5.10 Å². The van der Waals surface area contributed by atoms with Gasteiger partial charge in [0, 0.05) is 30.6 Å². The van der Waals surface area contributed by atoms with E-state index in [0.29, 0.717) is 27.9 Å². The van der Waals surface area contributed by atoms with Crippen molar-refractivity contribution in [3.05, 3.63) is 77.2 Å². The predicted molar refractivity (Wildman–Crippen MR) is 131 cm³/mol. The fourth-order valence-corrected chi connectivity index (χ4v) is 4.89. The summed E-state index contributed by atoms with van der Waals surface area (Å²) in [7, 11) is 1.90. The van der Waals surface area contributed by atoms with Gasteiger partial charge in [0.1, 0.15) is 10.8 Å². The van der Waals surface area contributed by atoms with Crippen molar-refractivity contribution >= 4 is 23.2 Å². The van der Waals surface area contributed by atoms with Crippen LogP contribution in [0.5, 0.6) is 0 Å². The first-order chi connectivity index (χ1) is 17.5. The Morgan fingerprint density at radius 1 is 1.14 bits per heavy atom. The fraction of sp³-hybridized carbons (Fsp3) is 0.250. The molecule has 0 bridgehead atoms. The molecule has 1 N–H and O–H groups in total. The van der Waals surface area contributed by atoms with E-state index < -0.39 is 5.82 Å². The first-order valence-electron chi connectivity index (χ1n) is 11.4. The first-order valence-corrected chi connectivity index (χ1v) is 12.2. The van der Waals surface area contributed by atoms with E-state index in [0.717, 1.165) is 23.4 Å². The molecule has 5 aromatic rings. The van der Waals surface area contributed by atoms with E-state index in [4.69, 9.17) is 28.2 Å². The third-order valence-electron chi connectivity index (χ3n) is 6.47. The van der Waals surface area contributed by atoms with Gasteiger partial charge in [-0.3, -0.25) is 9.67 Å². The number of halogens is 3. The Labute approximate surface area is 215 Å². The Morgan fingerprint density at radius 3 is 2.67 bits per heavy atom. The van der Waals surface area contributed by atoms with Crippen LogP contribution in [-0.4, -0.2) is 39.8 Å². The number of aromatic amines is 1. The van der Waals surface area contributed by atoms with Gasteiger partial charge in [-0.05, 0) is 30.5 Å². The van der Waals surface area contributed by atoms with Crippen LogP contribution in [-0.2, 0) is 7.05 Å². The smallest absolute Gasteiger partial charge is 0.293 e. The Hall–Kier alpha value is -3.63. The van der Waals surface area contributed by atoms with Gasteiger partial charge in [0.15, 0.2) is 16.2 Å². The van der Waals surface area contributed by atoms with Crippen LogP contribution < -0.4 is 4.68 Å². The SMILES string of the molecule is Cn1cnc(Cl)c1-c1cnn([C@H](CC2CC2)c2ccc(-c3c(-[n+]4cnn[nH]4)ccc(Cl)c3F)cn2)c1. The number of aryl methyl sites for hydroxylation is 1. The number of nitrogens with zero attached hydrogens (tertiary/aromatic N) is 8. The average Bonchev–Trinajstić information content (AvgIpc) is 3.23. The van der Waals surface area contributed by atoms with E-state index in [1.54, 1.807) is 24.8 Å². The Balaban J connectivity index is 1.37. The highest BCUT2D eigenvalue weighted by Crippen LogP contribution is 2.40. The molecule has 9 nitrogen and oxygen atoms in total. The lowest BCUT2D eigenvalue weighted by molar-refractivity contribution is -0.659. The Kier molecular flexibility index (Phi) is 5.77. The van der Waals surface area contributed by atoms with Gasteiger partial charge >= 0.3 is 0 Å². The highest BCUT2D eigenvalue weighted by atomic mass is 35.5. The van der Waals surface area contributed by atoms with Crippen molar-refractivity contribution in [1.29, 1.82) is 0 Å². The summed E-state index contributed by atoms with van der Waals surface area (Å²) in [5.41, 5.74) is 3.96. The average molecular weight is 525 g/mol. The van der Waals surface area contributed by atoms with Crippen molar-refractivity contribution < 1.29 is 9.07 Å². The highest BCUT2D eigenvalue weighted by Gasteiger charge is 2.29. The first kappa shape index (κ1) is 22.8. The minimum atomic E-state index is -0.537. The van der Waals surface area contributed by atoms with Crippen LogP contribution >= 0.6 is 23.2 Å². The molecule has 12 heteroatoms. The molecular formula is C24H21Cl2FN9+. The van der Waals surface area contributed by atoms with Crippen LogP contribution in [0.25, 0.3) is 28.1 Å². The molecule has 1 aromatic carbocycles. The van der Waals surface area contributed by atoms with Crippen LogP contribution in [0, 0.1) is 11.7 Å². The quantitative estimate of drug-likeness (QED) is 0.314. The number of nitrogens with one attached hydrogen (secondary N) is 1. The van der Waals surface area contributed by atoms with E-state index in [2.05, 4.69) is 25.6 Å². The molecule has 0 amide bonds. The third kappa shape index (κ3) is 4.16. The third-order valence-corrected chi connectivity index (χ3v) is 7.03. The van der Waals surface area contributed by atoms with Crippen LogP contribution in [0.4, 0.5) is 4.39 Å². The predicted octanol–water partition coefficient (Wildman–Crippen LogP) is 4.58. The second kappa shape index (κ2) is 9.11. The number of aromatic nitrogens is 9. The number of H-pyrrole nitrogens is 1. The second-order valence-corrected chi connectivity index (χ2v) is 9.69. The lowest BCUT2D eigenvalue weighted by Gasteiger charge is -2.18. The molecule has 0 unspecified atom stereocenters. The summed E-state index contributed by atoms with van der Waals surface area (Å²) in [4.78, 5) is 8.92. The van der Waals surface area contributed by atoms with Gasteiger partial charge in [-0.25, -0.2) is 9.37 Å². The molecule has 0 aliphatic heterocycles. The standard InChI is InChI=1S/C24H20Cl2FN9/c1-34-12-29-24(26)23(34)16-10-31-35(11-16)20(8-14-2-3-14)18-6-4-15(9-28-18)21-19(36-13-30-32-33-36)7-5-17(25)22(21)27/h4-7,9-14,20H,2-3,8H2,1H3/p+1/t20-/m1/s1. The molecule has 4 heterocycles. The molecule has 0 radical (unpaired) electrons. The number of benzene rings is 1. The molecule has 1 aliphatic rings. The van der Waals surface area contributed by atoms with Crippen molar-refractivity contribution in [2.24, 2.45) is 13.0 Å². The monoisotopic (exact) mass is 524 g/mol. The number of hydrogen-bond acceptors (Lipinski definition) is 5. The van der Waals surface area contributed by atoms with Crippen LogP contribution in [0.2, 0.25) is 10.2 Å². The number of tetrazole rings is 1. The molecule has 4 aromatic heterocycles. The zero-order valence-electron chi connectivity index (χ0n) is 19.2. The molecule has 182 valence electrons. The van der Waals surface area contributed by atoms with Crippen molar-refractivity contribution in [3.63, 3.8) is 0 Å². The van der Waals surface area contributed by atoms with Gasteiger partial charge in [-0.1, -0.05) is 47.3 Å². The molecule has 1 aliphatic carbocycles. The zero-order valence-corrected chi connectivity index (χ0v) is 20.7. The van der Waals surface area contributed by atoms with Crippen molar-refractivity contribution in [1.82, 2.24) is 39.8 Å². The number of hydrogen-bond donors (Lipinski definition) is 1. The maximum Gasteiger partial charge on any atom is 0.293 e. The maximum atomic E-state index is 15.2. The van der Waals surface area contributed by atoms with Gasteiger partial charge in [0.05, 0.1) is 40.5 Å². The van der Waals surface area contributed by atoms with Crippen molar-refractivity contribution in [2.75, 3.05) is 0 Å². The molecule has 1 atom stereocenters. The van der Waals surface area contributed by atoms with Gasteiger partial charge < -0.3 is 4.57 Å². The molecule has 36 heavy (non-hydrogen) atoms. The summed E-state index contributed by atoms with van der Waals surface area (Å²) in [6.45, 7) is 0. The topological polar surface area (TPSA) is 94.0 Å². The van der Waals surface area contributed by atoms with Gasteiger partial charge in [-0.15, -0.1) is 4.68 Å². The molecule has 1 saturated carbocycles. The maximum absolute atomic E-state index is 15.2. The number of pyridine rings is 1. The lowest BCUT2D eigenvalue weighted by Crippen LogP contribution is -2.33. The molecule has 1 fully saturated rings. The summed E-state index contributed by atoms with van der Waals surface area (Å²) in [6, 6.07) is 6.91. The zero-order chi connectivity index (χ0) is 24.8. The Morgan fingerprint density at radius 2 is 2.00 bits per heavy atom. The highest BCUT2D eigenvalue weighted by molar-refractivity contribution is 6.32. The van der Waals surface area contributed by atoms with Gasteiger partial charge in [0.25, 0.3) is 6.33 Å². The Bertz CT molecular complexity index is 1500. The van der Waals surface area contributed by atoms with E-state index in [9.17, 15) is 0 Å². The van der Waals surface area contributed by atoms with E-state index in [1.165, 1.54) is 29.9 Å². The van der Waals surface area contributed by atoms with E-state index in [-0.39, 0.29) is 11.1 Å². The molecule has 0 spiro atoms. The summed E-state index contributed by atoms with van der Waals surface area (Å²) in [5, 5.41) is 15.3. The summed E-state index contributed by atoms with van der Waals surface area (Å²) >= 11 is 12.4. The summed E-state index contributed by atoms with van der Waals surface area (Å²) in [5.74, 6) is 0.0933. The minimum absolute atomic E-state index is 0.0235. The molecular weight excluding hydrogens is 504 g/mol. The molecule has 0 saturated heterocycles.